The first kappa shape index (κ1) is 10.1. The van der Waals surface area contributed by atoms with Crippen LogP contribution in [0.4, 0.5) is 0 Å². The van der Waals surface area contributed by atoms with Gasteiger partial charge in [-0.1, -0.05) is 6.07 Å². The Bertz CT molecular complexity index is 359. The Labute approximate surface area is 78.3 Å². The summed E-state index contributed by atoms with van der Waals surface area (Å²) in [4.78, 5) is 3.94. The third-order valence-corrected chi connectivity index (χ3v) is 3.39. The molecule has 13 heavy (non-hydrogen) atoms. The minimum absolute atomic E-state index is 0.0408. The van der Waals surface area contributed by atoms with Gasteiger partial charge < -0.3 is 0 Å². The Morgan fingerprint density at radius 2 is 2.08 bits per heavy atom. The van der Waals surface area contributed by atoms with Gasteiger partial charge in [-0.15, -0.1) is 0 Å². The molecular weight excluding hydrogens is 188 g/mol. The molecule has 1 rings (SSSR count). The van der Waals surface area contributed by atoms with E-state index in [1.165, 1.54) is 18.4 Å². The molecule has 0 aliphatic heterocycles. The van der Waals surface area contributed by atoms with Crippen LogP contribution in [0.15, 0.2) is 24.4 Å². The highest BCUT2D eigenvalue weighted by atomic mass is 32.2. The lowest BCUT2D eigenvalue weighted by atomic mass is 10.4. The van der Waals surface area contributed by atoms with Crippen molar-refractivity contribution < 1.29 is 8.42 Å². The number of nitrogens with zero attached hydrogens (tertiary/aromatic N) is 2. The minimum atomic E-state index is -3.18. The van der Waals surface area contributed by atoms with E-state index >= 15 is 0 Å². The van der Waals surface area contributed by atoms with Crippen LogP contribution in [0, 0.1) is 0 Å². The van der Waals surface area contributed by atoms with Gasteiger partial charge in [-0.25, -0.2) is 12.7 Å². The molecular formula is C8H12N2O2S. The first-order valence-electron chi connectivity index (χ1n) is 3.82. The van der Waals surface area contributed by atoms with E-state index in [0.29, 0.717) is 5.69 Å². The molecule has 1 aromatic rings. The van der Waals surface area contributed by atoms with Crippen LogP contribution in [0.25, 0.3) is 0 Å². The van der Waals surface area contributed by atoms with E-state index in [1.807, 2.05) is 0 Å². The van der Waals surface area contributed by atoms with Crippen molar-refractivity contribution in [3.05, 3.63) is 30.1 Å². The predicted molar refractivity (Wildman–Crippen MR) is 50.5 cm³/mol. The van der Waals surface area contributed by atoms with Crippen molar-refractivity contribution in [3.63, 3.8) is 0 Å². The van der Waals surface area contributed by atoms with E-state index in [1.54, 1.807) is 24.4 Å². The molecule has 1 aromatic heterocycles. The molecule has 0 aliphatic carbocycles. The standard InChI is InChI=1S/C8H12N2O2S/c1-10(2)13(11,12)7-8-5-3-4-6-9-8/h3-6H,7H2,1-2H3. The summed E-state index contributed by atoms with van der Waals surface area (Å²) in [5, 5.41) is 0. The fourth-order valence-corrected chi connectivity index (χ4v) is 1.60. The van der Waals surface area contributed by atoms with E-state index in [0.717, 1.165) is 0 Å². The van der Waals surface area contributed by atoms with E-state index < -0.39 is 10.0 Å². The summed E-state index contributed by atoms with van der Waals surface area (Å²) in [5.74, 6) is -0.0408. The zero-order chi connectivity index (χ0) is 9.90. The molecule has 0 bridgehead atoms. The van der Waals surface area contributed by atoms with Crippen molar-refractivity contribution in [3.8, 4) is 0 Å². The Morgan fingerprint density at radius 1 is 1.38 bits per heavy atom. The highest BCUT2D eigenvalue weighted by molar-refractivity contribution is 7.88. The number of rotatable bonds is 3. The maximum Gasteiger partial charge on any atom is 0.219 e. The van der Waals surface area contributed by atoms with Gasteiger partial charge in [-0.3, -0.25) is 4.98 Å². The Morgan fingerprint density at radius 3 is 2.54 bits per heavy atom. The molecule has 5 heteroatoms. The topological polar surface area (TPSA) is 50.3 Å². The molecule has 0 saturated heterocycles. The average molecular weight is 200 g/mol. The number of sulfonamides is 1. The summed E-state index contributed by atoms with van der Waals surface area (Å²) < 4.78 is 24.0. The number of hydrogen-bond acceptors (Lipinski definition) is 3. The van der Waals surface area contributed by atoms with Crippen LogP contribution in [0.1, 0.15) is 5.69 Å². The molecule has 0 spiro atoms. The van der Waals surface area contributed by atoms with Crippen molar-refractivity contribution in [1.29, 1.82) is 0 Å². The van der Waals surface area contributed by atoms with Gasteiger partial charge in [0.05, 0.1) is 5.69 Å². The molecule has 4 nitrogen and oxygen atoms in total. The Kier molecular flexibility index (Phi) is 3.00. The molecule has 0 radical (unpaired) electrons. The minimum Gasteiger partial charge on any atom is -0.260 e. The van der Waals surface area contributed by atoms with Crippen LogP contribution < -0.4 is 0 Å². The second kappa shape index (κ2) is 3.85. The Balaban J connectivity index is 2.82. The number of aromatic nitrogens is 1. The van der Waals surface area contributed by atoms with Crippen molar-refractivity contribution in [2.24, 2.45) is 0 Å². The molecule has 72 valence electrons. The molecule has 0 saturated carbocycles. The molecule has 0 fully saturated rings. The summed E-state index contributed by atoms with van der Waals surface area (Å²) in [5.41, 5.74) is 0.566. The normalized spacial score (nSPS) is 11.9. The first-order valence-corrected chi connectivity index (χ1v) is 5.43. The zero-order valence-electron chi connectivity index (χ0n) is 7.64. The zero-order valence-corrected chi connectivity index (χ0v) is 8.45. The summed E-state index contributed by atoms with van der Waals surface area (Å²) >= 11 is 0. The van der Waals surface area contributed by atoms with Gasteiger partial charge in [-0.2, -0.15) is 0 Å². The van der Waals surface area contributed by atoms with Gasteiger partial charge in [-0.05, 0) is 12.1 Å². The maximum absolute atomic E-state index is 11.4. The van der Waals surface area contributed by atoms with E-state index in [9.17, 15) is 8.42 Å². The van der Waals surface area contributed by atoms with Gasteiger partial charge in [0.1, 0.15) is 5.75 Å². The van der Waals surface area contributed by atoms with Crippen molar-refractivity contribution in [2.75, 3.05) is 14.1 Å². The Hall–Kier alpha value is -0.940. The quantitative estimate of drug-likeness (QED) is 0.712. The van der Waals surface area contributed by atoms with Crippen LogP contribution in [0.5, 0.6) is 0 Å². The van der Waals surface area contributed by atoms with Gasteiger partial charge >= 0.3 is 0 Å². The second-order valence-electron chi connectivity index (χ2n) is 2.86. The third kappa shape index (κ3) is 2.78. The molecule has 0 aromatic carbocycles. The van der Waals surface area contributed by atoms with E-state index in [2.05, 4.69) is 4.98 Å². The molecule has 0 N–H and O–H groups in total. The fourth-order valence-electron chi connectivity index (χ4n) is 0.799. The molecule has 0 aliphatic rings. The molecule has 0 amide bonds. The maximum atomic E-state index is 11.4. The van der Waals surface area contributed by atoms with Crippen LogP contribution in [0.3, 0.4) is 0 Å². The summed E-state index contributed by atoms with van der Waals surface area (Å²) in [6, 6.07) is 5.22. The highest BCUT2D eigenvalue weighted by Gasteiger charge is 2.14. The van der Waals surface area contributed by atoms with Crippen LogP contribution in [-0.4, -0.2) is 31.8 Å². The lowest BCUT2D eigenvalue weighted by molar-refractivity contribution is 0.519. The van der Waals surface area contributed by atoms with Gasteiger partial charge in [0.2, 0.25) is 10.0 Å². The van der Waals surface area contributed by atoms with Crippen LogP contribution in [-0.2, 0) is 15.8 Å². The fraction of sp³-hybridized carbons (Fsp3) is 0.375. The SMILES string of the molecule is CN(C)S(=O)(=O)Cc1ccccn1. The lowest BCUT2D eigenvalue weighted by Gasteiger charge is -2.09. The highest BCUT2D eigenvalue weighted by Crippen LogP contribution is 2.04. The van der Waals surface area contributed by atoms with Crippen molar-refractivity contribution >= 4 is 10.0 Å². The molecule has 0 atom stereocenters. The van der Waals surface area contributed by atoms with Gasteiger partial charge in [0.25, 0.3) is 0 Å². The summed E-state index contributed by atoms with van der Waals surface area (Å²) in [6.45, 7) is 0. The second-order valence-corrected chi connectivity index (χ2v) is 5.04. The summed E-state index contributed by atoms with van der Waals surface area (Å²) in [7, 11) is -0.156. The predicted octanol–water partition coefficient (Wildman–Crippen LogP) is 0.473. The smallest absolute Gasteiger partial charge is 0.219 e. The van der Waals surface area contributed by atoms with Crippen molar-refractivity contribution in [2.45, 2.75) is 5.75 Å². The number of pyridine rings is 1. The van der Waals surface area contributed by atoms with E-state index in [4.69, 9.17) is 0 Å². The number of hydrogen-bond donors (Lipinski definition) is 0. The average Bonchev–Trinajstić information content (AvgIpc) is 2.05. The van der Waals surface area contributed by atoms with Crippen LogP contribution in [0.2, 0.25) is 0 Å². The monoisotopic (exact) mass is 200 g/mol. The third-order valence-electron chi connectivity index (χ3n) is 1.61. The van der Waals surface area contributed by atoms with Crippen molar-refractivity contribution in [1.82, 2.24) is 9.29 Å². The summed E-state index contributed by atoms with van der Waals surface area (Å²) in [6.07, 6.45) is 1.58. The lowest BCUT2D eigenvalue weighted by Crippen LogP contribution is -2.24. The molecule has 1 heterocycles. The van der Waals surface area contributed by atoms with Gasteiger partial charge in [0.15, 0.2) is 0 Å². The van der Waals surface area contributed by atoms with Crippen LogP contribution >= 0.6 is 0 Å². The van der Waals surface area contributed by atoms with Gasteiger partial charge in [0, 0.05) is 20.3 Å². The first-order chi connectivity index (χ1) is 6.02. The van der Waals surface area contributed by atoms with E-state index in [-0.39, 0.29) is 5.75 Å². The molecule has 0 unspecified atom stereocenters. The largest absolute Gasteiger partial charge is 0.260 e.